The highest BCUT2D eigenvalue weighted by Gasteiger charge is 2.30. The lowest BCUT2D eigenvalue weighted by atomic mass is 10.4. The molecule has 0 aliphatic heterocycles. The van der Waals surface area contributed by atoms with Crippen molar-refractivity contribution in [1.29, 1.82) is 0 Å². The second-order valence-electron chi connectivity index (χ2n) is 4.02. The first kappa shape index (κ1) is 16.0. The molecule has 1 rings (SSSR count). The molecule has 0 saturated heterocycles. The predicted octanol–water partition coefficient (Wildman–Crippen LogP) is 0.754. The third-order valence-electron chi connectivity index (χ3n) is 2.34. The Kier molecular flexibility index (Phi) is 5.14. The van der Waals surface area contributed by atoms with E-state index in [1.165, 1.54) is 10.6 Å². The van der Waals surface area contributed by atoms with Crippen LogP contribution in [0.1, 0.15) is 17.4 Å². The van der Waals surface area contributed by atoms with Gasteiger partial charge in [-0.15, -0.1) is 0 Å². The summed E-state index contributed by atoms with van der Waals surface area (Å²) in [5.41, 5.74) is 4.36. The van der Waals surface area contributed by atoms with Gasteiger partial charge in [-0.25, -0.2) is 0 Å². The van der Waals surface area contributed by atoms with E-state index < -0.39 is 30.7 Å². The van der Waals surface area contributed by atoms with Crippen molar-refractivity contribution in [2.24, 2.45) is 7.05 Å². The standard InChI is InChI=1S/C11H14F3N3O3/c1-7(20-6-11(12,13)14)9(18)15-16-10(19)8-4-3-5-17(8)2/h3-5,7H,6H2,1-2H3,(H,15,18)(H,16,19). The van der Waals surface area contributed by atoms with E-state index in [1.54, 1.807) is 19.3 Å². The number of hydrazine groups is 1. The lowest BCUT2D eigenvalue weighted by Crippen LogP contribution is -2.47. The molecule has 0 aromatic carbocycles. The maximum absolute atomic E-state index is 11.9. The van der Waals surface area contributed by atoms with Gasteiger partial charge in [-0.3, -0.25) is 20.4 Å². The van der Waals surface area contributed by atoms with Crippen molar-refractivity contribution in [2.45, 2.75) is 19.2 Å². The van der Waals surface area contributed by atoms with E-state index in [-0.39, 0.29) is 5.69 Å². The summed E-state index contributed by atoms with van der Waals surface area (Å²) < 4.78 is 41.5. The highest BCUT2D eigenvalue weighted by molar-refractivity contribution is 5.94. The van der Waals surface area contributed by atoms with Crippen LogP contribution in [-0.2, 0) is 16.6 Å². The molecule has 1 aromatic rings. The fourth-order valence-corrected chi connectivity index (χ4v) is 1.28. The van der Waals surface area contributed by atoms with Crippen LogP contribution in [0.3, 0.4) is 0 Å². The molecule has 9 heteroatoms. The Morgan fingerprint density at radius 3 is 2.55 bits per heavy atom. The van der Waals surface area contributed by atoms with Crippen molar-refractivity contribution >= 4 is 11.8 Å². The quantitative estimate of drug-likeness (QED) is 0.805. The minimum absolute atomic E-state index is 0.286. The molecule has 0 saturated carbocycles. The largest absolute Gasteiger partial charge is 0.411 e. The van der Waals surface area contributed by atoms with Crippen molar-refractivity contribution in [3.8, 4) is 0 Å². The summed E-state index contributed by atoms with van der Waals surface area (Å²) in [6.45, 7) is -0.386. The van der Waals surface area contributed by atoms with Crippen molar-refractivity contribution in [3.63, 3.8) is 0 Å². The molecule has 0 fully saturated rings. The van der Waals surface area contributed by atoms with E-state index in [0.29, 0.717) is 0 Å². The second-order valence-corrected chi connectivity index (χ2v) is 4.02. The fraction of sp³-hybridized carbons (Fsp3) is 0.455. The number of carbonyl (C=O) groups excluding carboxylic acids is 2. The molecule has 1 heterocycles. The van der Waals surface area contributed by atoms with E-state index in [2.05, 4.69) is 10.2 Å². The normalized spacial score (nSPS) is 12.8. The highest BCUT2D eigenvalue weighted by atomic mass is 19.4. The van der Waals surface area contributed by atoms with Crippen LogP contribution >= 0.6 is 0 Å². The number of nitrogens with zero attached hydrogens (tertiary/aromatic N) is 1. The van der Waals surface area contributed by atoms with Crippen LogP contribution < -0.4 is 10.9 Å². The van der Waals surface area contributed by atoms with Gasteiger partial charge in [0.25, 0.3) is 11.8 Å². The summed E-state index contributed by atoms with van der Waals surface area (Å²) in [4.78, 5) is 23.0. The number of nitrogens with one attached hydrogen (secondary N) is 2. The maximum atomic E-state index is 11.9. The topological polar surface area (TPSA) is 72.4 Å². The number of aromatic nitrogens is 1. The van der Waals surface area contributed by atoms with Crippen molar-refractivity contribution in [3.05, 3.63) is 24.0 Å². The zero-order valence-electron chi connectivity index (χ0n) is 10.8. The van der Waals surface area contributed by atoms with Gasteiger partial charge in [-0.1, -0.05) is 0 Å². The van der Waals surface area contributed by atoms with Gasteiger partial charge in [0.15, 0.2) is 0 Å². The first-order valence-corrected chi connectivity index (χ1v) is 5.60. The van der Waals surface area contributed by atoms with Crippen LogP contribution in [0, 0.1) is 0 Å². The van der Waals surface area contributed by atoms with Gasteiger partial charge >= 0.3 is 6.18 Å². The number of halogens is 3. The van der Waals surface area contributed by atoms with Gasteiger partial charge in [-0.2, -0.15) is 13.2 Å². The molecule has 0 bridgehead atoms. The van der Waals surface area contributed by atoms with Crippen LogP contribution in [0.25, 0.3) is 0 Å². The number of aryl methyl sites for hydroxylation is 1. The molecule has 1 atom stereocenters. The molecular weight excluding hydrogens is 279 g/mol. The third-order valence-corrected chi connectivity index (χ3v) is 2.34. The van der Waals surface area contributed by atoms with Crippen LogP contribution in [0.4, 0.5) is 13.2 Å². The molecule has 6 nitrogen and oxygen atoms in total. The number of ether oxygens (including phenoxy) is 1. The molecule has 0 spiro atoms. The second kappa shape index (κ2) is 6.42. The van der Waals surface area contributed by atoms with Crippen molar-refractivity contribution in [1.82, 2.24) is 15.4 Å². The van der Waals surface area contributed by atoms with E-state index in [9.17, 15) is 22.8 Å². The predicted molar refractivity (Wildman–Crippen MR) is 62.5 cm³/mol. The first-order chi connectivity index (χ1) is 9.20. The molecule has 0 radical (unpaired) electrons. The number of hydrogen-bond donors (Lipinski definition) is 2. The molecule has 112 valence electrons. The molecule has 0 aliphatic rings. The van der Waals surface area contributed by atoms with Gasteiger partial charge in [0.05, 0.1) is 0 Å². The molecule has 20 heavy (non-hydrogen) atoms. The minimum atomic E-state index is -4.51. The maximum Gasteiger partial charge on any atom is 0.411 e. The average molecular weight is 293 g/mol. The summed E-state index contributed by atoms with van der Waals surface area (Å²) >= 11 is 0. The summed E-state index contributed by atoms with van der Waals surface area (Å²) in [7, 11) is 1.63. The molecule has 1 aromatic heterocycles. The van der Waals surface area contributed by atoms with Crippen LogP contribution in [0.5, 0.6) is 0 Å². The third kappa shape index (κ3) is 4.92. The van der Waals surface area contributed by atoms with Crippen molar-refractivity contribution < 1.29 is 27.5 Å². The fourth-order valence-electron chi connectivity index (χ4n) is 1.28. The Bertz CT molecular complexity index is 485. The molecule has 0 aliphatic carbocycles. The molecule has 2 N–H and O–H groups in total. The smallest absolute Gasteiger partial charge is 0.359 e. The zero-order valence-corrected chi connectivity index (χ0v) is 10.8. The van der Waals surface area contributed by atoms with E-state index in [1.807, 2.05) is 5.43 Å². The number of amides is 2. The monoisotopic (exact) mass is 293 g/mol. The first-order valence-electron chi connectivity index (χ1n) is 5.60. The Hall–Kier alpha value is -2.03. The lowest BCUT2D eigenvalue weighted by Gasteiger charge is -2.15. The van der Waals surface area contributed by atoms with Gasteiger partial charge < -0.3 is 9.30 Å². The number of rotatable bonds is 4. The Balaban J connectivity index is 2.40. The number of carbonyl (C=O) groups is 2. The number of alkyl halides is 3. The Morgan fingerprint density at radius 1 is 1.40 bits per heavy atom. The van der Waals surface area contributed by atoms with Crippen molar-refractivity contribution in [2.75, 3.05) is 6.61 Å². The van der Waals surface area contributed by atoms with Gasteiger partial charge in [-0.05, 0) is 19.1 Å². The van der Waals surface area contributed by atoms with Crippen LogP contribution in [-0.4, -0.2) is 35.3 Å². The number of hydrogen-bond acceptors (Lipinski definition) is 3. The van der Waals surface area contributed by atoms with Crippen LogP contribution in [0.15, 0.2) is 18.3 Å². The van der Waals surface area contributed by atoms with Crippen LogP contribution in [0.2, 0.25) is 0 Å². The lowest BCUT2D eigenvalue weighted by molar-refractivity contribution is -0.185. The Labute approximate surface area is 112 Å². The molecule has 1 unspecified atom stereocenters. The summed E-state index contributed by atoms with van der Waals surface area (Å²) in [5, 5.41) is 0. The Morgan fingerprint density at radius 2 is 2.05 bits per heavy atom. The van der Waals surface area contributed by atoms with E-state index in [0.717, 1.165) is 6.92 Å². The van der Waals surface area contributed by atoms with E-state index in [4.69, 9.17) is 0 Å². The zero-order chi connectivity index (χ0) is 15.3. The molecular formula is C11H14F3N3O3. The summed E-state index contributed by atoms with van der Waals surface area (Å²) in [6, 6.07) is 3.15. The SMILES string of the molecule is CC(OCC(F)(F)F)C(=O)NNC(=O)c1cccn1C. The molecule has 2 amide bonds. The van der Waals surface area contributed by atoms with Gasteiger partial charge in [0, 0.05) is 13.2 Å². The average Bonchev–Trinajstić information content (AvgIpc) is 2.78. The van der Waals surface area contributed by atoms with Gasteiger partial charge in [0.2, 0.25) is 0 Å². The van der Waals surface area contributed by atoms with Gasteiger partial charge in [0.1, 0.15) is 18.4 Å². The highest BCUT2D eigenvalue weighted by Crippen LogP contribution is 2.15. The van der Waals surface area contributed by atoms with E-state index >= 15 is 0 Å². The summed E-state index contributed by atoms with van der Waals surface area (Å²) in [5.74, 6) is -1.47. The summed E-state index contributed by atoms with van der Waals surface area (Å²) in [6.07, 6.45) is -4.22. The minimum Gasteiger partial charge on any atom is -0.359 e.